The van der Waals surface area contributed by atoms with Crippen molar-refractivity contribution in [3.63, 3.8) is 0 Å². The molecule has 1 aromatic carbocycles. The van der Waals surface area contributed by atoms with E-state index >= 15 is 0 Å². The van der Waals surface area contributed by atoms with Gasteiger partial charge in [0, 0.05) is 32.2 Å². The van der Waals surface area contributed by atoms with E-state index in [1.165, 1.54) is 12.0 Å². The van der Waals surface area contributed by atoms with Crippen LogP contribution < -0.4 is 0 Å². The first-order valence-corrected chi connectivity index (χ1v) is 8.98. The molecule has 2 aliphatic heterocycles. The van der Waals surface area contributed by atoms with Gasteiger partial charge in [-0.2, -0.15) is 0 Å². The average Bonchev–Trinajstić information content (AvgIpc) is 2.57. The van der Waals surface area contributed by atoms with Crippen molar-refractivity contribution in [2.45, 2.75) is 26.3 Å². The second-order valence-electron chi connectivity index (χ2n) is 7.15. The molecular formula is C19H30N2O2. The maximum Gasteiger partial charge on any atom is 0.115 e. The molecule has 4 nitrogen and oxygen atoms in total. The van der Waals surface area contributed by atoms with Crippen LogP contribution in [-0.2, 0) is 4.74 Å². The SMILES string of the molecule is C[C@H]1CCN(CCN2CCOCC2)C(c2cccc(O)c2)[C@@H]1C. The Balaban J connectivity index is 1.70. The predicted molar refractivity (Wildman–Crippen MR) is 92.6 cm³/mol. The summed E-state index contributed by atoms with van der Waals surface area (Å²) in [4.78, 5) is 5.13. The van der Waals surface area contributed by atoms with Gasteiger partial charge in [0.1, 0.15) is 5.75 Å². The van der Waals surface area contributed by atoms with Gasteiger partial charge in [-0.25, -0.2) is 0 Å². The predicted octanol–water partition coefficient (Wildman–Crippen LogP) is 2.74. The Kier molecular flexibility index (Phi) is 5.57. The zero-order chi connectivity index (χ0) is 16.2. The summed E-state index contributed by atoms with van der Waals surface area (Å²) in [6, 6.07) is 8.25. The van der Waals surface area contributed by atoms with Gasteiger partial charge in [0.05, 0.1) is 13.2 Å². The van der Waals surface area contributed by atoms with Gasteiger partial charge < -0.3 is 9.84 Å². The molecule has 2 heterocycles. The summed E-state index contributed by atoms with van der Waals surface area (Å²) >= 11 is 0. The molecular weight excluding hydrogens is 288 g/mol. The molecule has 128 valence electrons. The minimum Gasteiger partial charge on any atom is -0.508 e. The number of nitrogens with zero attached hydrogens (tertiary/aromatic N) is 2. The molecule has 4 heteroatoms. The minimum atomic E-state index is 0.376. The zero-order valence-corrected chi connectivity index (χ0v) is 14.4. The summed E-state index contributed by atoms with van der Waals surface area (Å²) < 4.78 is 5.44. The molecule has 0 bridgehead atoms. The van der Waals surface area contributed by atoms with E-state index in [2.05, 4.69) is 29.7 Å². The molecule has 3 atom stereocenters. The van der Waals surface area contributed by atoms with Crippen LogP contribution in [0.25, 0.3) is 0 Å². The summed E-state index contributed by atoms with van der Waals surface area (Å²) in [6.07, 6.45) is 1.26. The third-order valence-electron chi connectivity index (χ3n) is 5.68. The first kappa shape index (κ1) is 16.7. The summed E-state index contributed by atoms with van der Waals surface area (Å²) in [5.74, 6) is 1.71. The number of likely N-dealkylation sites (tertiary alicyclic amines) is 1. The molecule has 23 heavy (non-hydrogen) atoms. The Hall–Kier alpha value is -1.10. The van der Waals surface area contributed by atoms with E-state index in [1.807, 2.05) is 12.1 Å². The number of benzene rings is 1. The lowest BCUT2D eigenvalue weighted by Gasteiger charge is -2.44. The van der Waals surface area contributed by atoms with Gasteiger partial charge in [-0.05, 0) is 42.5 Å². The number of morpholine rings is 1. The van der Waals surface area contributed by atoms with Crippen LogP contribution in [0.3, 0.4) is 0 Å². The first-order chi connectivity index (χ1) is 11.1. The molecule has 0 radical (unpaired) electrons. The Morgan fingerprint density at radius 1 is 1.13 bits per heavy atom. The number of hydrogen-bond acceptors (Lipinski definition) is 4. The van der Waals surface area contributed by atoms with Gasteiger partial charge in [-0.15, -0.1) is 0 Å². The summed E-state index contributed by atoms with van der Waals surface area (Å²) in [7, 11) is 0. The van der Waals surface area contributed by atoms with Gasteiger partial charge in [0.15, 0.2) is 0 Å². The number of rotatable bonds is 4. The molecule has 2 saturated heterocycles. The number of ether oxygens (including phenoxy) is 1. The monoisotopic (exact) mass is 318 g/mol. The van der Waals surface area contributed by atoms with E-state index in [0.717, 1.165) is 51.9 Å². The normalized spacial score (nSPS) is 30.4. The molecule has 1 unspecified atom stereocenters. The Bertz CT molecular complexity index is 502. The molecule has 0 amide bonds. The Morgan fingerprint density at radius 3 is 2.65 bits per heavy atom. The van der Waals surface area contributed by atoms with E-state index in [0.29, 0.717) is 17.7 Å². The van der Waals surface area contributed by atoms with Crippen molar-refractivity contribution >= 4 is 0 Å². The largest absolute Gasteiger partial charge is 0.508 e. The lowest BCUT2D eigenvalue weighted by atomic mass is 9.79. The fourth-order valence-electron chi connectivity index (χ4n) is 3.98. The highest BCUT2D eigenvalue weighted by Gasteiger charge is 2.34. The summed E-state index contributed by atoms with van der Waals surface area (Å²) in [5, 5.41) is 9.88. The van der Waals surface area contributed by atoms with Gasteiger partial charge >= 0.3 is 0 Å². The van der Waals surface area contributed by atoms with Crippen LogP contribution in [0, 0.1) is 11.8 Å². The fourth-order valence-corrected chi connectivity index (χ4v) is 3.98. The number of piperidine rings is 1. The highest BCUT2D eigenvalue weighted by atomic mass is 16.5. The maximum atomic E-state index is 9.88. The number of aromatic hydroxyl groups is 1. The van der Waals surface area contributed by atoms with Crippen molar-refractivity contribution in [3.8, 4) is 5.75 Å². The molecule has 3 rings (SSSR count). The van der Waals surface area contributed by atoms with Crippen LogP contribution >= 0.6 is 0 Å². The van der Waals surface area contributed by atoms with E-state index in [9.17, 15) is 5.11 Å². The van der Waals surface area contributed by atoms with Gasteiger partial charge in [-0.1, -0.05) is 26.0 Å². The van der Waals surface area contributed by atoms with Crippen molar-refractivity contribution in [3.05, 3.63) is 29.8 Å². The third kappa shape index (κ3) is 4.06. The number of phenolic OH excluding ortho intramolecular Hbond substituents is 1. The van der Waals surface area contributed by atoms with Crippen LogP contribution in [0.4, 0.5) is 0 Å². The maximum absolute atomic E-state index is 9.88. The summed E-state index contributed by atoms with van der Waals surface area (Å²) in [5.41, 5.74) is 1.26. The fraction of sp³-hybridized carbons (Fsp3) is 0.684. The first-order valence-electron chi connectivity index (χ1n) is 8.98. The molecule has 0 aromatic heterocycles. The van der Waals surface area contributed by atoms with Crippen molar-refractivity contribution < 1.29 is 9.84 Å². The Morgan fingerprint density at radius 2 is 1.91 bits per heavy atom. The van der Waals surface area contributed by atoms with Gasteiger partial charge in [0.2, 0.25) is 0 Å². The van der Waals surface area contributed by atoms with E-state index in [1.54, 1.807) is 6.07 Å². The summed E-state index contributed by atoms with van der Waals surface area (Å²) in [6.45, 7) is 11.9. The van der Waals surface area contributed by atoms with Crippen molar-refractivity contribution in [1.82, 2.24) is 9.80 Å². The number of hydrogen-bond donors (Lipinski definition) is 1. The van der Waals surface area contributed by atoms with E-state index < -0.39 is 0 Å². The highest BCUT2D eigenvalue weighted by molar-refractivity contribution is 5.30. The second-order valence-corrected chi connectivity index (χ2v) is 7.15. The van der Waals surface area contributed by atoms with Crippen LogP contribution in [0.15, 0.2) is 24.3 Å². The van der Waals surface area contributed by atoms with Crippen LogP contribution in [0.1, 0.15) is 31.9 Å². The third-order valence-corrected chi connectivity index (χ3v) is 5.68. The lowest BCUT2D eigenvalue weighted by molar-refractivity contribution is 0.0167. The number of phenols is 1. The lowest BCUT2D eigenvalue weighted by Crippen LogP contribution is -2.46. The van der Waals surface area contributed by atoms with Gasteiger partial charge in [-0.3, -0.25) is 9.80 Å². The van der Waals surface area contributed by atoms with Crippen molar-refractivity contribution in [2.24, 2.45) is 11.8 Å². The molecule has 2 fully saturated rings. The average molecular weight is 318 g/mol. The molecule has 0 saturated carbocycles. The molecule has 1 N–H and O–H groups in total. The zero-order valence-electron chi connectivity index (χ0n) is 14.4. The van der Waals surface area contributed by atoms with Crippen LogP contribution in [0.2, 0.25) is 0 Å². The molecule has 1 aromatic rings. The topological polar surface area (TPSA) is 35.9 Å². The minimum absolute atomic E-state index is 0.376. The molecule has 0 aliphatic carbocycles. The Labute approximate surface area is 140 Å². The van der Waals surface area contributed by atoms with Gasteiger partial charge in [0.25, 0.3) is 0 Å². The second kappa shape index (κ2) is 7.65. The van der Waals surface area contributed by atoms with Crippen LogP contribution in [-0.4, -0.2) is 60.8 Å². The van der Waals surface area contributed by atoms with Crippen LogP contribution in [0.5, 0.6) is 5.75 Å². The van der Waals surface area contributed by atoms with Crippen molar-refractivity contribution in [2.75, 3.05) is 45.9 Å². The van der Waals surface area contributed by atoms with E-state index in [4.69, 9.17) is 4.74 Å². The highest BCUT2D eigenvalue weighted by Crippen LogP contribution is 2.39. The van der Waals surface area contributed by atoms with Crippen molar-refractivity contribution in [1.29, 1.82) is 0 Å². The quantitative estimate of drug-likeness (QED) is 0.926. The molecule has 2 aliphatic rings. The molecule has 0 spiro atoms. The standard InChI is InChI=1S/C19H30N2O2/c1-15-6-7-21(9-8-20-10-12-23-13-11-20)19(16(15)2)17-4-3-5-18(22)14-17/h3-5,14-16,19,22H,6-13H2,1-2H3/t15-,16+,19?/m0/s1. The smallest absolute Gasteiger partial charge is 0.115 e. The van der Waals surface area contributed by atoms with E-state index in [-0.39, 0.29) is 0 Å².